The highest BCUT2D eigenvalue weighted by atomic mass is 16.5. The number of carbonyl (C=O) groups is 1. The highest BCUT2D eigenvalue weighted by Gasteiger charge is 2.37. The fourth-order valence-corrected chi connectivity index (χ4v) is 2.70. The van der Waals surface area contributed by atoms with Gasteiger partial charge in [-0.15, -0.1) is 0 Å². The number of hydrogen-bond acceptors (Lipinski definition) is 3. The van der Waals surface area contributed by atoms with Crippen LogP contribution in [0.3, 0.4) is 0 Å². The van der Waals surface area contributed by atoms with Gasteiger partial charge in [-0.3, -0.25) is 4.79 Å². The number of amides is 1. The fraction of sp³-hybridized carbons (Fsp3) is 0.923. The maximum absolute atomic E-state index is 12.0. The molecule has 4 nitrogen and oxygen atoms in total. The number of ether oxygens (including phenoxy) is 1. The summed E-state index contributed by atoms with van der Waals surface area (Å²) in [6.45, 7) is 3.83. The van der Waals surface area contributed by atoms with Crippen LogP contribution in [0.5, 0.6) is 0 Å². The molecule has 0 spiro atoms. The molecule has 0 aromatic heterocycles. The van der Waals surface area contributed by atoms with Gasteiger partial charge in [0, 0.05) is 13.7 Å². The molecule has 2 atom stereocenters. The summed E-state index contributed by atoms with van der Waals surface area (Å²) in [5.41, 5.74) is -0.0735. The average molecular weight is 240 g/mol. The lowest BCUT2D eigenvalue weighted by Crippen LogP contribution is -2.54. The Morgan fingerprint density at radius 3 is 2.82 bits per heavy atom. The van der Waals surface area contributed by atoms with E-state index >= 15 is 0 Å². The molecule has 1 aliphatic heterocycles. The molecule has 2 aliphatic rings. The highest BCUT2D eigenvalue weighted by Crippen LogP contribution is 2.34. The van der Waals surface area contributed by atoms with Gasteiger partial charge >= 0.3 is 0 Å². The standard InChI is InChI=1S/C13H24N2O2/c1-10-4-7-14-11(8-10)12(16)15-9-13(17-2)5-3-6-13/h10-11,14H,3-9H2,1-2H3,(H,15,16). The van der Waals surface area contributed by atoms with Gasteiger partial charge in [-0.2, -0.15) is 0 Å². The van der Waals surface area contributed by atoms with E-state index in [2.05, 4.69) is 17.6 Å². The third kappa shape index (κ3) is 2.99. The largest absolute Gasteiger partial charge is 0.376 e. The Balaban J connectivity index is 1.76. The van der Waals surface area contributed by atoms with Gasteiger partial charge in [-0.1, -0.05) is 6.92 Å². The van der Waals surface area contributed by atoms with E-state index in [9.17, 15) is 4.79 Å². The maximum Gasteiger partial charge on any atom is 0.237 e. The number of carbonyl (C=O) groups excluding carboxylic acids is 1. The molecule has 1 heterocycles. The van der Waals surface area contributed by atoms with Crippen molar-refractivity contribution in [2.75, 3.05) is 20.2 Å². The molecule has 2 unspecified atom stereocenters. The number of piperidine rings is 1. The predicted molar refractivity (Wildman–Crippen MR) is 66.8 cm³/mol. The minimum Gasteiger partial charge on any atom is -0.376 e. The zero-order valence-corrected chi connectivity index (χ0v) is 10.9. The lowest BCUT2D eigenvalue weighted by atomic mass is 9.80. The predicted octanol–water partition coefficient (Wildman–Crippen LogP) is 1.06. The normalized spacial score (nSPS) is 31.6. The monoisotopic (exact) mass is 240 g/mol. The number of hydrogen-bond donors (Lipinski definition) is 2. The Bertz CT molecular complexity index is 271. The molecule has 1 saturated carbocycles. The lowest BCUT2D eigenvalue weighted by molar-refractivity contribution is -0.127. The van der Waals surface area contributed by atoms with Crippen LogP contribution in [0.1, 0.15) is 39.0 Å². The summed E-state index contributed by atoms with van der Waals surface area (Å²) in [5, 5.41) is 6.33. The molecule has 1 amide bonds. The summed E-state index contributed by atoms with van der Waals surface area (Å²) in [5.74, 6) is 0.784. The molecule has 4 heteroatoms. The van der Waals surface area contributed by atoms with Crippen LogP contribution in [0.4, 0.5) is 0 Å². The Morgan fingerprint density at radius 1 is 1.53 bits per heavy atom. The van der Waals surface area contributed by atoms with Crippen molar-refractivity contribution < 1.29 is 9.53 Å². The van der Waals surface area contributed by atoms with Crippen LogP contribution in [0, 0.1) is 5.92 Å². The van der Waals surface area contributed by atoms with Crippen molar-refractivity contribution in [2.45, 2.75) is 50.7 Å². The van der Waals surface area contributed by atoms with E-state index < -0.39 is 0 Å². The Morgan fingerprint density at radius 2 is 2.29 bits per heavy atom. The summed E-state index contributed by atoms with van der Waals surface area (Å²) in [6.07, 6.45) is 5.47. The van der Waals surface area contributed by atoms with Crippen LogP contribution in [-0.2, 0) is 9.53 Å². The van der Waals surface area contributed by atoms with Gasteiger partial charge < -0.3 is 15.4 Å². The second kappa shape index (κ2) is 5.36. The van der Waals surface area contributed by atoms with E-state index in [1.807, 2.05) is 0 Å². The van der Waals surface area contributed by atoms with Crippen molar-refractivity contribution in [2.24, 2.45) is 5.92 Å². The third-order valence-electron chi connectivity index (χ3n) is 4.27. The Labute approximate surface area is 103 Å². The fourth-order valence-electron chi connectivity index (χ4n) is 2.70. The first kappa shape index (κ1) is 12.8. The van der Waals surface area contributed by atoms with Crippen LogP contribution in [0.25, 0.3) is 0 Å². The number of rotatable bonds is 4. The second-order valence-corrected chi connectivity index (χ2v) is 5.59. The van der Waals surface area contributed by atoms with Crippen molar-refractivity contribution >= 4 is 5.91 Å². The summed E-state index contributed by atoms with van der Waals surface area (Å²) >= 11 is 0. The van der Waals surface area contributed by atoms with E-state index in [1.54, 1.807) is 7.11 Å². The highest BCUT2D eigenvalue weighted by molar-refractivity contribution is 5.81. The molecule has 1 saturated heterocycles. The van der Waals surface area contributed by atoms with Gasteiger partial charge in [0.25, 0.3) is 0 Å². The molecule has 2 N–H and O–H groups in total. The first-order chi connectivity index (χ1) is 8.15. The molecular formula is C13H24N2O2. The molecule has 0 aromatic carbocycles. The first-order valence-corrected chi connectivity index (χ1v) is 6.71. The molecule has 2 rings (SSSR count). The molecule has 0 bridgehead atoms. The minimum absolute atomic E-state index is 0.00673. The molecular weight excluding hydrogens is 216 g/mol. The topological polar surface area (TPSA) is 50.4 Å². The van der Waals surface area contributed by atoms with E-state index in [0.717, 1.165) is 25.8 Å². The van der Waals surface area contributed by atoms with Gasteiger partial charge in [0.15, 0.2) is 0 Å². The molecule has 0 aromatic rings. The molecule has 1 aliphatic carbocycles. The quantitative estimate of drug-likeness (QED) is 0.772. The van der Waals surface area contributed by atoms with Crippen LogP contribution in [0.2, 0.25) is 0 Å². The van der Waals surface area contributed by atoms with Crippen molar-refractivity contribution in [3.8, 4) is 0 Å². The summed E-state index contributed by atoms with van der Waals surface area (Å²) in [7, 11) is 1.74. The Kier molecular flexibility index (Phi) is 4.05. The van der Waals surface area contributed by atoms with Crippen LogP contribution < -0.4 is 10.6 Å². The van der Waals surface area contributed by atoms with Crippen LogP contribution >= 0.6 is 0 Å². The lowest BCUT2D eigenvalue weighted by Gasteiger charge is -2.41. The second-order valence-electron chi connectivity index (χ2n) is 5.59. The molecule has 98 valence electrons. The SMILES string of the molecule is COC1(CNC(=O)C2CC(C)CCN2)CCC1. The third-order valence-corrected chi connectivity index (χ3v) is 4.27. The van der Waals surface area contributed by atoms with Crippen LogP contribution in [0.15, 0.2) is 0 Å². The molecule has 0 radical (unpaired) electrons. The van der Waals surface area contributed by atoms with Crippen molar-refractivity contribution in [3.63, 3.8) is 0 Å². The average Bonchev–Trinajstić information content (AvgIpc) is 2.28. The number of nitrogens with one attached hydrogen (secondary N) is 2. The van der Waals surface area contributed by atoms with Crippen molar-refractivity contribution in [1.82, 2.24) is 10.6 Å². The number of methoxy groups -OCH3 is 1. The first-order valence-electron chi connectivity index (χ1n) is 6.71. The van der Waals surface area contributed by atoms with Gasteiger partial charge in [-0.25, -0.2) is 0 Å². The molecule has 17 heavy (non-hydrogen) atoms. The minimum atomic E-state index is -0.0735. The maximum atomic E-state index is 12.0. The summed E-state index contributed by atoms with van der Waals surface area (Å²) in [6, 6.07) is -0.00673. The van der Waals surface area contributed by atoms with E-state index in [0.29, 0.717) is 12.5 Å². The van der Waals surface area contributed by atoms with Gasteiger partial charge in [-0.05, 0) is 44.6 Å². The van der Waals surface area contributed by atoms with Crippen molar-refractivity contribution in [1.29, 1.82) is 0 Å². The Hall–Kier alpha value is -0.610. The summed E-state index contributed by atoms with van der Waals surface area (Å²) < 4.78 is 5.50. The van der Waals surface area contributed by atoms with Crippen LogP contribution in [-0.4, -0.2) is 37.7 Å². The zero-order valence-electron chi connectivity index (χ0n) is 10.9. The molecule has 2 fully saturated rings. The summed E-state index contributed by atoms with van der Waals surface area (Å²) in [4.78, 5) is 12.0. The van der Waals surface area contributed by atoms with Gasteiger partial charge in [0.2, 0.25) is 5.91 Å². The van der Waals surface area contributed by atoms with Gasteiger partial charge in [0.1, 0.15) is 0 Å². The van der Waals surface area contributed by atoms with E-state index in [1.165, 1.54) is 12.8 Å². The van der Waals surface area contributed by atoms with E-state index in [4.69, 9.17) is 4.74 Å². The van der Waals surface area contributed by atoms with Gasteiger partial charge in [0.05, 0.1) is 11.6 Å². The zero-order chi connectivity index (χ0) is 12.3. The van der Waals surface area contributed by atoms with Crippen molar-refractivity contribution in [3.05, 3.63) is 0 Å². The van der Waals surface area contributed by atoms with E-state index in [-0.39, 0.29) is 17.6 Å². The smallest absolute Gasteiger partial charge is 0.237 e.